The van der Waals surface area contributed by atoms with Gasteiger partial charge >= 0.3 is 5.91 Å². The summed E-state index contributed by atoms with van der Waals surface area (Å²) < 4.78 is 5.54. The third-order valence-electron chi connectivity index (χ3n) is 3.58. The Morgan fingerprint density at radius 2 is 1.67 bits per heavy atom. The second kappa shape index (κ2) is 6.83. The third-order valence-corrected chi connectivity index (χ3v) is 3.58. The third kappa shape index (κ3) is 3.35. The van der Waals surface area contributed by atoms with Crippen molar-refractivity contribution in [3.8, 4) is 0 Å². The van der Waals surface area contributed by atoms with Crippen molar-refractivity contribution in [3.05, 3.63) is 77.6 Å². The van der Waals surface area contributed by atoms with E-state index in [0.29, 0.717) is 5.58 Å². The molecule has 2 aromatic carbocycles. The van der Waals surface area contributed by atoms with E-state index in [4.69, 9.17) is 4.42 Å². The number of nitrogens with one attached hydrogen (secondary N) is 2. The highest BCUT2D eigenvalue weighted by Crippen LogP contribution is 2.24. The summed E-state index contributed by atoms with van der Waals surface area (Å²) in [5.74, 6) is -0.741. The maximum atomic E-state index is 12.2. The highest BCUT2D eigenvalue weighted by Gasteiger charge is 2.17. The Hall–Kier alpha value is -3.34. The molecule has 2 amide bonds. The molecule has 0 atom stereocenters. The first kappa shape index (κ1) is 15.6. The fourth-order valence-electron chi connectivity index (χ4n) is 2.34. The first-order valence-corrected chi connectivity index (χ1v) is 7.47. The zero-order valence-electron chi connectivity index (χ0n) is 13.1. The molecule has 0 aliphatic carbocycles. The second-order valence-electron chi connectivity index (χ2n) is 5.24. The van der Waals surface area contributed by atoms with Crippen molar-refractivity contribution in [2.45, 2.75) is 6.92 Å². The van der Waals surface area contributed by atoms with Crippen LogP contribution < -0.4 is 10.9 Å². The maximum absolute atomic E-state index is 12.2. The molecule has 120 valence electrons. The predicted octanol–water partition coefficient (Wildman–Crippen LogP) is 3.22. The molecule has 0 radical (unpaired) electrons. The summed E-state index contributed by atoms with van der Waals surface area (Å²) in [5, 5.41) is 0.873. The van der Waals surface area contributed by atoms with Crippen LogP contribution in [-0.4, -0.2) is 11.8 Å². The van der Waals surface area contributed by atoms with E-state index in [-0.39, 0.29) is 5.76 Å². The minimum atomic E-state index is -0.495. The molecule has 0 spiro atoms. The summed E-state index contributed by atoms with van der Waals surface area (Å²) in [6.45, 7) is 1.80. The van der Waals surface area contributed by atoms with Gasteiger partial charge in [0.15, 0.2) is 5.76 Å². The molecule has 5 nitrogen and oxygen atoms in total. The molecule has 0 saturated heterocycles. The highest BCUT2D eigenvalue weighted by atomic mass is 16.3. The van der Waals surface area contributed by atoms with Crippen molar-refractivity contribution in [2.24, 2.45) is 0 Å². The molecule has 1 heterocycles. The Morgan fingerprint density at radius 3 is 2.42 bits per heavy atom. The summed E-state index contributed by atoms with van der Waals surface area (Å²) in [5.41, 5.74) is 6.95. The molecule has 0 saturated carbocycles. The average molecular weight is 320 g/mol. The number of hydrogen-bond donors (Lipinski definition) is 2. The quantitative estimate of drug-likeness (QED) is 0.575. The van der Waals surface area contributed by atoms with Gasteiger partial charge in [-0.15, -0.1) is 0 Å². The number of carbonyl (C=O) groups is 2. The van der Waals surface area contributed by atoms with Crippen molar-refractivity contribution in [3.63, 3.8) is 0 Å². The molecule has 0 aliphatic rings. The fourth-order valence-corrected chi connectivity index (χ4v) is 2.34. The van der Waals surface area contributed by atoms with E-state index in [1.54, 1.807) is 19.1 Å². The maximum Gasteiger partial charge on any atom is 0.305 e. The lowest BCUT2D eigenvalue weighted by atomic mass is 10.1. The monoisotopic (exact) mass is 320 g/mol. The van der Waals surface area contributed by atoms with Crippen LogP contribution in [0.1, 0.15) is 21.7 Å². The number of furan rings is 1. The van der Waals surface area contributed by atoms with Gasteiger partial charge in [0.25, 0.3) is 5.91 Å². The van der Waals surface area contributed by atoms with Crippen molar-refractivity contribution in [1.29, 1.82) is 0 Å². The van der Waals surface area contributed by atoms with E-state index in [0.717, 1.165) is 16.5 Å². The summed E-state index contributed by atoms with van der Waals surface area (Å²) >= 11 is 0. The van der Waals surface area contributed by atoms with Crippen molar-refractivity contribution >= 4 is 28.9 Å². The van der Waals surface area contributed by atoms with Gasteiger partial charge in [-0.3, -0.25) is 20.4 Å². The van der Waals surface area contributed by atoms with Gasteiger partial charge in [-0.2, -0.15) is 0 Å². The number of hydrazine groups is 1. The van der Waals surface area contributed by atoms with Crippen LogP contribution in [-0.2, 0) is 4.79 Å². The van der Waals surface area contributed by atoms with Gasteiger partial charge in [0.2, 0.25) is 0 Å². The number of aryl methyl sites for hydroxylation is 1. The van der Waals surface area contributed by atoms with Gasteiger partial charge < -0.3 is 4.42 Å². The highest BCUT2D eigenvalue weighted by molar-refractivity contribution is 6.00. The van der Waals surface area contributed by atoms with Gasteiger partial charge in [0.05, 0.1) is 0 Å². The van der Waals surface area contributed by atoms with E-state index in [9.17, 15) is 9.59 Å². The van der Waals surface area contributed by atoms with Gasteiger partial charge in [-0.05, 0) is 24.6 Å². The first-order chi connectivity index (χ1) is 11.6. The Bertz CT molecular complexity index is 911. The molecule has 3 aromatic rings. The minimum Gasteiger partial charge on any atom is -0.451 e. The molecule has 24 heavy (non-hydrogen) atoms. The Morgan fingerprint density at radius 1 is 0.958 bits per heavy atom. The predicted molar refractivity (Wildman–Crippen MR) is 92.0 cm³/mol. The standard InChI is InChI=1S/C19H16N2O3/c1-13-15-9-5-6-10-16(15)24-18(13)19(23)21-20-17(22)12-11-14-7-3-2-4-8-14/h2-12H,1H3,(H,20,22)(H,21,23)/b12-11+. The minimum absolute atomic E-state index is 0.184. The van der Waals surface area contributed by atoms with Crippen molar-refractivity contribution in [1.82, 2.24) is 10.9 Å². The lowest BCUT2D eigenvalue weighted by Gasteiger charge is -2.03. The molecule has 0 bridgehead atoms. The number of hydrogen-bond acceptors (Lipinski definition) is 3. The molecular formula is C19H16N2O3. The molecular weight excluding hydrogens is 304 g/mol. The molecule has 0 fully saturated rings. The van der Waals surface area contributed by atoms with Crippen molar-refractivity contribution < 1.29 is 14.0 Å². The van der Waals surface area contributed by atoms with Gasteiger partial charge in [-0.25, -0.2) is 0 Å². The number of carbonyl (C=O) groups excluding carboxylic acids is 2. The van der Waals surface area contributed by atoms with E-state index in [2.05, 4.69) is 10.9 Å². The van der Waals surface area contributed by atoms with Crippen LogP contribution in [0.25, 0.3) is 17.0 Å². The SMILES string of the molecule is Cc1c(C(=O)NNC(=O)/C=C/c2ccccc2)oc2ccccc12. The largest absolute Gasteiger partial charge is 0.451 e. The Labute approximate surface area is 138 Å². The molecule has 3 rings (SSSR count). The number of rotatable bonds is 3. The summed E-state index contributed by atoms with van der Waals surface area (Å²) in [4.78, 5) is 23.9. The zero-order valence-corrected chi connectivity index (χ0v) is 13.1. The van der Waals surface area contributed by atoms with Crippen molar-refractivity contribution in [2.75, 3.05) is 0 Å². The van der Waals surface area contributed by atoms with E-state index in [1.165, 1.54) is 6.08 Å². The number of para-hydroxylation sites is 1. The lowest BCUT2D eigenvalue weighted by molar-refractivity contribution is -0.117. The van der Waals surface area contributed by atoms with E-state index < -0.39 is 11.8 Å². The van der Waals surface area contributed by atoms with Crippen LogP contribution >= 0.6 is 0 Å². The number of amides is 2. The second-order valence-corrected chi connectivity index (χ2v) is 5.24. The Kier molecular flexibility index (Phi) is 4.43. The topological polar surface area (TPSA) is 71.3 Å². The smallest absolute Gasteiger partial charge is 0.305 e. The van der Waals surface area contributed by atoms with Crippen LogP contribution in [0.4, 0.5) is 0 Å². The molecule has 2 N–H and O–H groups in total. The normalized spacial score (nSPS) is 10.9. The molecule has 0 aliphatic heterocycles. The number of benzene rings is 2. The molecule has 0 unspecified atom stereocenters. The summed E-state index contributed by atoms with van der Waals surface area (Å²) in [7, 11) is 0. The summed E-state index contributed by atoms with van der Waals surface area (Å²) in [6.07, 6.45) is 3.01. The van der Waals surface area contributed by atoms with Crippen LogP contribution in [0.2, 0.25) is 0 Å². The average Bonchev–Trinajstić information content (AvgIpc) is 2.96. The van der Waals surface area contributed by atoms with Crippen LogP contribution in [0.15, 0.2) is 65.1 Å². The summed E-state index contributed by atoms with van der Waals surface area (Å²) in [6, 6.07) is 16.8. The zero-order chi connectivity index (χ0) is 16.9. The molecule has 5 heteroatoms. The first-order valence-electron chi connectivity index (χ1n) is 7.47. The van der Waals surface area contributed by atoms with Gasteiger partial charge in [0.1, 0.15) is 5.58 Å². The van der Waals surface area contributed by atoms with Gasteiger partial charge in [-0.1, -0.05) is 48.5 Å². The lowest BCUT2D eigenvalue weighted by Crippen LogP contribution is -2.40. The van der Waals surface area contributed by atoms with Crippen LogP contribution in [0, 0.1) is 6.92 Å². The van der Waals surface area contributed by atoms with Crippen LogP contribution in [0.5, 0.6) is 0 Å². The number of fused-ring (bicyclic) bond motifs is 1. The molecule has 1 aromatic heterocycles. The Balaban J connectivity index is 1.63. The van der Waals surface area contributed by atoms with Crippen LogP contribution in [0.3, 0.4) is 0 Å². The van der Waals surface area contributed by atoms with E-state index >= 15 is 0 Å². The fraction of sp³-hybridized carbons (Fsp3) is 0.0526. The van der Waals surface area contributed by atoms with E-state index in [1.807, 2.05) is 48.5 Å². The van der Waals surface area contributed by atoms with Gasteiger partial charge in [0, 0.05) is 17.0 Å².